The number of ether oxygens (including phenoxy) is 2. The SMILES string of the molecule is COc1ccc(F)c(C(C)CO)c1OC. The topological polar surface area (TPSA) is 38.7 Å². The Morgan fingerprint density at radius 3 is 2.47 bits per heavy atom. The molecular formula is C11H15FO3. The van der Waals surface area contributed by atoms with Crippen LogP contribution in [0.5, 0.6) is 11.5 Å². The van der Waals surface area contributed by atoms with Gasteiger partial charge in [-0.2, -0.15) is 0 Å². The fourth-order valence-electron chi connectivity index (χ4n) is 1.48. The van der Waals surface area contributed by atoms with Gasteiger partial charge in [-0.25, -0.2) is 4.39 Å². The van der Waals surface area contributed by atoms with Crippen molar-refractivity contribution in [2.24, 2.45) is 0 Å². The molecule has 0 amide bonds. The standard InChI is InChI=1S/C11H15FO3/c1-7(6-13)10-8(12)4-5-9(14-2)11(10)15-3/h4-5,7,13H,6H2,1-3H3. The van der Waals surface area contributed by atoms with Gasteiger partial charge in [-0.05, 0) is 12.1 Å². The number of rotatable bonds is 4. The minimum absolute atomic E-state index is 0.138. The van der Waals surface area contributed by atoms with Crippen molar-refractivity contribution in [3.05, 3.63) is 23.5 Å². The number of methoxy groups -OCH3 is 2. The Morgan fingerprint density at radius 2 is 2.00 bits per heavy atom. The second-order valence-corrected chi connectivity index (χ2v) is 3.28. The Balaban J connectivity index is 3.31. The molecule has 1 rings (SSSR count). The minimum atomic E-state index is -0.394. The summed E-state index contributed by atoms with van der Waals surface area (Å²) in [6.45, 7) is 1.58. The minimum Gasteiger partial charge on any atom is -0.493 e. The molecule has 1 N–H and O–H groups in total. The predicted molar refractivity (Wildman–Crippen MR) is 55.0 cm³/mol. The third kappa shape index (κ3) is 2.21. The third-order valence-electron chi connectivity index (χ3n) is 2.30. The Bertz CT molecular complexity index is 339. The van der Waals surface area contributed by atoms with Crippen LogP contribution >= 0.6 is 0 Å². The van der Waals surface area contributed by atoms with E-state index in [0.29, 0.717) is 17.1 Å². The van der Waals surface area contributed by atoms with Gasteiger partial charge in [-0.1, -0.05) is 6.92 Å². The van der Waals surface area contributed by atoms with Gasteiger partial charge in [0.1, 0.15) is 5.82 Å². The van der Waals surface area contributed by atoms with Crippen molar-refractivity contribution in [1.29, 1.82) is 0 Å². The van der Waals surface area contributed by atoms with E-state index in [0.717, 1.165) is 0 Å². The zero-order valence-electron chi connectivity index (χ0n) is 9.08. The molecule has 3 nitrogen and oxygen atoms in total. The highest BCUT2D eigenvalue weighted by atomic mass is 19.1. The molecule has 1 unspecified atom stereocenters. The lowest BCUT2D eigenvalue weighted by molar-refractivity contribution is 0.264. The molecule has 0 heterocycles. The highest BCUT2D eigenvalue weighted by molar-refractivity contribution is 5.48. The lowest BCUT2D eigenvalue weighted by Crippen LogP contribution is -2.06. The van der Waals surface area contributed by atoms with E-state index in [-0.39, 0.29) is 12.5 Å². The molecule has 84 valence electrons. The molecule has 15 heavy (non-hydrogen) atoms. The predicted octanol–water partition coefficient (Wildman–Crippen LogP) is 1.94. The van der Waals surface area contributed by atoms with Gasteiger partial charge >= 0.3 is 0 Å². The molecule has 0 spiro atoms. The maximum absolute atomic E-state index is 13.5. The Kier molecular flexibility index (Phi) is 3.91. The van der Waals surface area contributed by atoms with Gasteiger partial charge in [-0.15, -0.1) is 0 Å². The number of aliphatic hydroxyl groups excluding tert-OH is 1. The summed E-state index contributed by atoms with van der Waals surface area (Å²) in [6.07, 6.45) is 0. The lowest BCUT2D eigenvalue weighted by atomic mass is 10.00. The molecule has 0 aliphatic rings. The largest absolute Gasteiger partial charge is 0.493 e. The lowest BCUT2D eigenvalue weighted by Gasteiger charge is -2.16. The average molecular weight is 214 g/mol. The smallest absolute Gasteiger partial charge is 0.167 e. The number of aliphatic hydroxyl groups is 1. The summed E-state index contributed by atoms with van der Waals surface area (Å²) in [5.41, 5.74) is 0.347. The monoisotopic (exact) mass is 214 g/mol. The molecular weight excluding hydrogens is 199 g/mol. The van der Waals surface area contributed by atoms with E-state index in [1.807, 2.05) is 0 Å². The molecule has 0 aromatic heterocycles. The summed E-state index contributed by atoms with van der Waals surface area (Å²) in [5.74, 6) is 0.0949. The van der Waals surface area contributed by atoms with Crippen LogP contribution in [0, 0.1) is 5.82 Å². The van der Waals surface area contributed by atoms with Gasteiger partial charge in [0, 0.05) is 18.1 Å². The van der Waals surface area contributed by atoms with E-state index in [1.54, 1.807) is 6.92 Å². The fraction of sp³-hybridized carbons (Fsp3) is 0.455. The quantitative estimate of drug-likeness (QED) is 0.832. The van der Waals surface area contributed by atoms with Crippen LogP contribution in [-0.2, 0) is 0 Å². The molecule has 4 heteroatoms. The third-order valence-corrected chi connectivity index (χ3v) is 2.30. The highest BCUT2D eigenvalue weighted by Gasteiger charge is 2.19. The molecule has 0 saturated heterocycles. The van der Waals surface area contributed by atoms with Gasteiger partial charge in [-0.3, -0.25) is 0 Å². The van der Waals surface area contributed by atoms with Crippen LogP contribution in [-0.4, -0.2) is 25.9 Å². The summed E-state index contributed by atoms with van der Waals surface area (Å²) in [5, 5.41) is 9.03. The van der Waals surface area contributed by atoms with E-state index in [4.69, 9.17) is 14.6 Å². The van der Waals surface area contributed by atoms with Crippen LogP contribution in [0.2, 0.25) is 0 Å². The van der Waals surface area contributed by atoms with Gasteiger partial charge < -0.3 is 14.6 Å². The molecule has 0 fully saturated rings. The number of benzene rings is 1. The molecule has 0 radical (unpaired) electrons. The zero-order valence-corrected chi connectivity index (χ0v) is 9.08. The summed E-state index contributed by atoms with van der Waals surface area (Å²) >= 11 is 0. The first kappa shape index (κ1) is 11.8. The van der Waals surface area contributed by atoms with Crippen LogP contribution in [0.4, 0.5) is 4.39 Å². The Morgan fingerprint density at radius 1 is 1.33 bits per heavy atom. The number of hydrogen-bond donors (Lipinski definition) is 1. The normalized spacial score (nSPS) is 12.3. The summed E-state index contributed by atoms with van der Waals surface area (Å²) < 4.78 is 23.7. The molecule has 1 atom stereocenters. The first-order valence-corrected chi connectivity index (χ1v) is 4.66. The van der Waals surface area contributed by atoms with E-state index in [1.165, 1.54) is 26.4 Å². The molecule has 1 aromatic rings. The van der Waals surface area contributed by atoms with Crippen molar-refractivity contribution in [3.8, 4) is 11.5 Å². The van der Waals surface area contributed by atoms with Crippen LogP contribution in [0.15, 0.2) is 12.1 Å². The molecule has 0 saturated carbocycles. The Labute approximate surface area is 88.4 Å². The maximum Gasteiger partial charge on any atom is 0.167 e. The number of hydrogen-bond acceptors (Lipinski definition) is 3. The maximum atomic E-state index is 13.5. The van der Waals surface area contributed by atoms with Crippen LogP contribution in [0.25, 0.3) is 0 Å². The zero-order chi connectivity index (χ0) is 11.4. The summed E-state index contributed by atoms with van der Waals surface area (Å²) in [6, 6.07) is 2.81. The average Bonchev–Trinajstić information content (AvgIpc) is 2.27. The molecule has 0 bridgehead atoms. The van der Waals surface area contributed by atoms with Gasteiger partial charge in [0.2, 0.25) is 0 Å². The molecule has 0 aliphatic carbocycles. The summed E-state index contributed by atoms with van der Waals surface area (Å²) in [7, 11) is 2.94. The van der Waals surface area contributed by atoms with Crippen molar-refractivity contribution in [1.82, 2.24) is 0 Å². The van der Waals surface area contributed by atoms with Crippen LogP contribution < -0.4 is 9.47 Å². The first-order valence-electron chi connectivity index (χ1n) is 4.66. The van der Waals surface area contributed by atoms with Gasteiger partial charge in [0.15, 0.2) is 11.5 Å². The molecule has 0 aliphatic heterocycles. The second-order valence-electron chi connectivity index (χ2n) is 3.28. The second kappa shape index (κ2) is 4.98. The van der Waals surface area contributed by atoms with Crippen molar-refractivity contribution < 1.29 is 19.0 Å². The number of halogens is 1. The van der Waals surface area contributed by atoms with E-state index >= 15 is 0 Å². The van der Waals surface area contributed by atoms with Gasteiger partial charge in [0.05, 0.1) is 14.2 Å². The van der Waals surface area contributed by atoms with E-state index < -0.39 is 5.82 Å². The van der Waals surface area contributed by atoms with E-state index in [9.17, 15) is 4.39 Å². The van der Waals surface area contributed by atoms with Crippen LogP contribution in [0.1, 0.15) is 18.4 Å². The van der Waals surface area contributed by atoms with Crippen molar-refractivity contribution in [2.75, 3.05) is 20.8 Å². The van der Waals surface area contributed by atoms with Crippen molar-refractivity contribution in [2.45, 2.75) is 12.8 Å². The van der Waals surface area contributed by atoms with E-state index in [2.05, 4.69) is 0 Å². The molecule has 1 aromatic carbocycles. The highest BCUT2D eigenvalue weighted by Crippen LogP contribution is 2.37. The first-order chi connectivity index (χ1) is 7.15. The van der Waals surface area contributed by atoms with Crippen molar-refractivity contribution >= 4 is 0 Å². The fourth-order valence-corrected chi connectivity index (χ4v) is 1.48. The summed E-state index contributed by atoms with van der Waals surface area (Å²) in [4.78, 5) is 0. The van der Waals surface area contributed by atoms with Gasteiger partial charge in [0.25, 0.3) is 0 Å². The van der Waals surface area contributed by atoms with Crippen LogP contribution in [0.3, 0.4) is 0 Å². The Hall–Kier alpha value is -1.29. The van der Waals surface area contributed by atoms with Crippen molar-refractivity contribution in [3.63, 3.8) is 0 Å².